The van der Waals surface area contributed by atoms with Crippen molar-refractivity contribution < 1.29 is 4.79 Å². The lowest BCUT2D eigenvalue weighted by Gasteiger charge is -2.18. The maximum atomic E-state index is 11.9. The van der Waals surface area contributed by atoms with E-state index in [0.29, 0.717) is 9.47 Å². The molecule has 0 atom stereocenters. The van der Waals surface area contributed by atoms with E-state index < -0.39 is 0 Å². The number of amides is 1. The van der Waals surface area contributed by atoms with Gasteiger partial charge in [0.2, 0.25) is 9.47 Å². The van der Waals surface area contributed by atoms with Gasteiger partial charge in [-0.05, 0) is 24.4 Å². The smallest absolute Gasteiger partial charge is 0.284 e. The molecule has 0 unspecified atom stereocenters. The molecular weight excluding hydrogens is 234 g/mol. The SMILES string of the molecule is O=C(c1nnc(Cl)s1)N1CCCCCC1. The van der Waals surface area contributed by atoms with Crippen LogP contribution in [0.1, 0.15) is 35.5 Å². The molecule has 1 aliphatic heterocycles. The summed E-state index contributed by atoms with van der Waals surface area (Å²) >= 11 is 6.80. The lowest BCUT2D eigenvalue weighted by molar-refractivity contribution is 0.0760. The number of aromatic nitrogens is 2. The van der Waals surface area contributed by atoms with Gasteiger partial charge in [-0.2, -0.15) is 0 Å². The second-order valence-electron chi connectivity index (χ2n) is 3.57. The zero-order valence-electron chi connectivity index (χ0n) is 8.28. The topological polar surface area (TPSA) is 46.1 Å². The zero-order valence-corrected chi connectivity index (χ0v) is 9.85. The standard InChI is InChI=1S/C9H12ClN3OS/c10-9-12-11-7(15-9)8(14)13-5-3-1-2-4-6-13/h1-6H2. The van der Waals surface area contributed by atoms with Gasteiger partial charge in [0.05, 0.1) is 0 Å². The molecule has 4 nitrogen and oxygen atoms in total. The Hall–Kier alpha value is -0.680. The number of nitrogens with zero attached hydrogens (tertiary/aromatic N) is 3. The van der Waals surface area contributed by atoms with Crippen LogP contribution >= 0.6 is 22.9 Å². The normalized spacial score (nSPS) is 17.5. The Bertz CT molecular complexity index is 347. The second kappa shape index (κ2) is 4.90. The summed E-state index contributed by atoms with van der Waals surface area (Å²) in [6, 6.07) is 0. The number of hydrogen-bond donors (Lipinski definition) is 0. The van der Waals surface area contributed by atoms with Crippen LogP contribution in [0.15, 0.2) is 0 Å². The maximum absolute atomic E-state index is 11.9. The van der Waals surface area contributed by atoms with Crippen molar-refractivity contribution in [1.82, 2.24) is 15.1 Å². The van der Waals surface area contributed by atoms with E-state index in [1.54, 1.807) is 0 Å². The summed E-state index contributed by atoms with van der Waals surface area (Å²) in [5.74, 6) is -0.0266. The monoisotopic (exact) mass is 245 g/mol. The predicted molar refractivity (Wildman–Crippen MR) is 59.3 cm³/mol. The number of halogens is 1. The molecule has 82 valence electrons. The molecule has 1 amide bonds. The van der Waals surface area contributed by atoms with Crippen LogP contribution in [0.5, 0.6) is 0 Å². The van der Waals surface area contributed by atoms with Gasteiger partial charge >= 0.3 is 0 Å². The molecule has 2 rings (SSSR count). The van der Waals surface area contributed by atoms with Crippen LogP contribution in [0.25, 0.3) is 0 Å². The molecule has 0 bridgehead atoms. The number of likely N-dealkylation sites (tertiary alicyclic amines) is 1. The third-order valence-electron chi connectivity index (χ3n) is 2.48. The number of carbonyl (C=O) groups is 1. The van der Waals surface area contributed by atoms with Crippen LogP contribution in [0.2, 0.25) is 4.47 Å². The summed E-state index contributed by atoms with van der Waals surface area (Å²) in [7, 11) is 0. The molecule has 0 spiro atoms. The molecule has 0 N–H and O–H groups in total. The number of carbonyl (C=O) groups excluding carboxylic acids is 1. The first-order valence-corrected chi connectivity index (χ1v) is 6.25. The highest BCUT2D eigenvalue weighted by Gasteiger charge is 2.20. The maximum Gasteiger partial charge on any atom is 0.284 e. The Morgan fingerprint density at radius 3 is 2.40 bits per heavy atom. The van der Waals surface area contributed by atoms with Gasteiger partial charge in [0.1, 0.15) is 0 Å². The zero-order chi connectivity index (χ0) is 10.7. The first-order chi connectivity index (χ1) is 7.27. The largest absolute Gasteiger partial charge is 0.337 e. The fourth-order valence-electron chi connectivity index (χ4n) is 1.70. The van der Waals surface area contributed by atoms with E-state index in [2.05, 4.69) is 10.2 Å². The minimum Gasteiger partial charge on any atom is -0.337 e. The third kappa shape index (κ3) is 2.66. The van der Waals surface area contributed by atoms with Crippen LogP contribution in [0.3, 0.4) is 0 Å². The van der Waals surface area contributed by atoms with Crippen molar-refractivity contribution in [2.24, 2.45) is 0 Å². The first-order valence-electron chi connectivity index (χ1n) is 5.05. The lowest BCUT2D eigenvalue weighted by atomic mass is 10.2. The molecule has 0 aliphatic carbocycles. The van der Waals surface area contributed by atoms with Crippen LogP contribution < -0.4 is 0 Å². The highest BCUT2D eigenvalue weighted by Crippen LogP contribution is 2.18. The average molecular weight is 246 g/mol. The van der Waals surface area contributed by atoms with Gasteiger partial charge in [-0.3, -0.25) is 4.79 Å². The molecule has 0 radical (unpaired) electrons. The molecule has 15 heavy (non-hydrogen) atoms. The van der Waals surface area contributed by atoms with E-state index >= 15 is 0 Å². The summed E-state index contributed by atoms with van der Waals surface area (Å²) in [4.78, 5) is 13.8. The lowest BCUT2D eigenvalue weighted by Crippen LogP contribution is -2.31. The van der Waals surface area contributed by atoms with Gasteiger partial charge in [-0.25, -0.2) is 0 Å². The fraction of sp³-hybridized carbons (Fsp3) is 0.667. The molecule has 2 heterocycles. The van der Waals surface area contributed by atoms with Crippen LogP contribution in [-0.4, -0.2) is 34.1 Å². The molecule has 1 fully saturated rings. The van der Waals surface area contributed by atoms with Crippen molar-refractivity contribution in [3.05, 3.63) is 9.47 Å². The summed E-state index contributed by atoms with van der Waals surface area (Å²) in [5, 5.41) is 7.81. The van der Waals surface area contributed by atoms with Gasteiger partial charge in [-0.15, -0.1) is 10.2 Å². The Morgan fingerprint density at radius 2 is 1.87 bits per heavy atom. The van der Waals surface area contributed by atoms with E-state index in [1.807, 2.05) is 4.90 Å². The summed E-state index contributed by atoms with van der Waals surface area (Å²) < 4.78 is 0.327. The van der Waals surface area contributed by atoms with Gasteiger partial charge < -0.3 is 4.90 Å². The average Bonchev–Trinajstić information content (AvgIpc) is 2.53. The van der Waals surface area contributed by atoms with Crippen LogP contribution in [-0.2, 0) is 0 Å². The van der Waals surface area contributed by atoms with Crippen molar-refractivity contribution in [3.8, 4) is 0 Å². The molecule has 1 aliphatic rings. The van der Waals surface area contributed by atoms with E-state index in [-0.39, 0.29) is 5.91 Å². The van der Waals surface area contributed by atoms with E-state index in [1.165, 1.54) is 12.8 Å². The molecule has 0 aromatic carbocycles. The Kier molecular flexibility index (Phi) is 3.53. The summed E-state index contributed by atoms with van der Waals surface area (Å²) in [6.45, 7) is 1.66. The Morgan fingerprint density at radius 1 is 1.20 bits per heavy atom. The highest BCUT2D eigenvalue weighted by atomic mass is 35.5. The van der Waals surface area contributed by atoms with Gasteiger partial charge in [0.15, 0.2) is 0 Å². The molecular formula is C9H12ClN3OS. The van der Waals surface area contributed by atoms with E-state index in [0.717, 1.165) is 37.3 Å². The first kappa shape index (κ1) is 10.8. The minimum atomic E-state index is -0.0266. The third-order valence-corrected chi connectivity index (χ3v) is 3.48. The quantitative estimate of drug-likeness (QED) is 0.762. The fourth-order valence-corrected chi connectivity index (χ4v) is 2.50. The van der Waals surface area contributed by atoms with E-state index in [9.17, 15) is 4.79 Å². The number of rotatable bonds is 1. The van der Waals surface area contributed by atoms with Crippen molar-refractivity contribution in [2.45, 2.75) is 25.7 Å². The Balaban J connectivity index is 2.06. The minimum absolute atomic E-state index is 0.0266. The summed E-state index contributed by atoms with van der Waals surface area (Å²) in [5.41, 5.74) is 0. The molecule has 6 heteroatoms. The molecule has 1 aromatic heterocycles. The van der Waals surface area contributed by atoms with Crippen molar-refractivity contribution in [3.63, 3.8) is 0 Å². The van der Waals surface area contributed by atoms with E-state index in [4.69, 9.17) is 11.6 Å². The highest BCUT2D eigenvalue weighted by molar-refractivity contribution is 7.17. The van der Waals surface area contributed by atoms with Crippen LogP contribution in [0, 0.1) is 0 Å². The van der Waals surface area contributed by atoms with Crippen molar-refractivity contribution >= 4 is 28.8 Å². The van der Waals surface area contributed by atoms with Gasteiger partial charge in [0, 0.05) is 13.1 Å². The van der Waals surface area contributed by atoms with Crippen molar-refractivity contribution in [1.29, 1.82) is 0 Å². The van der Waals surface area contributed by atoms with Gasteiger partial charge in [0.25, 0.3) is 5.91 Å². The Labute approximate surface area is 97.3 Å². The molecule has 0 saturated carbocycles. The van der Waals surface area contributed by atoms with Gasteiger partial charge in [-0.1, -0.05) is 24.2 Å². The van der Waals surface area contributed by atoms with Crippen LogP contribution in [0.4, 0.5) is 0 Å². The molecule has 1 saturated heterocycles. The predicted octanol–water partition coefficient (Wildman–Crippen LogP) is 2.21. The van der Waals surface area contributed by atoms with Crippen molar-refractivity contribution in [2.75, 3.05) is 13.1 Å². The number of hydrogen-bond acceptors (Lipinski definition) is 4. The molecule has 1 aromatic rings. The summed E-state index contributed by atoms with van der Waals surface area (Å²) in [6.07, 6.45) is 4.58. The second-order valence-corrected chi connectivity index (χ2v) is 5.13.